The van der Waals surface area contributed by atoms with E-state index in [1.54, 1.807) is 19.9 Å². The van der Waals surface area contributed by atoms with E-state index in [1.807, 2.05) is 0 Å². The second-order valence-electron chi connectivity index (χ2n) is 10.9. The molecule has 43 heavy (non-hydrogen) atoms. The van der Waals surface area contributed by atoms with Crippen LogP contribution in [0.5, 0.6) is 5.75 Å². The molecule has 3 aliphatic carbocycles. The summed E-state index contributed by atoms with van der Waals surface area (Å²) in [5, 5.41) is 60.2. The van der Waals surface area contributed by atoms with E-state index in [0.717, 1.165) is 11.3 Å². The number of rotatable bonds is 6. The van der Waals surface area contributed by atoms with E-state index in [2.05, 4.69) is 10.3 Å². The van der Waals surface area contributed by atoms with Crippen LogP contribution in [0.15, 0.2) is 35.2 Å². The molecule has 1 heterocycles. The summed E-state index contributed by atoms with van der Waals surface area (Å²) >= 11 is 0.955. The van der Waals surface area contributed by atoms with E-state index >= 15 is 0 Å². The van der Waals surface area contributed by atoms with E-state index in [1.165, 1.54) is 31.3 Å². The van der Waals surface area contributed by atoms with Crippen LogP contribution in [-0.4, -0.2) is 97.3 Å². The number of aromatic nitrogens is 1. The fourth-order valence-electron chi connectivity index (χ4n) is 6.46. The van der Waals surface area contributed by atoms with Crippen LogP contribution in [0.4, 0.5) is 10.8 Å². The number of aromatic hydroxyl groups is 1. The lowest BCUT2D eigenvalue weighted by Crippen LogP contribution is -2.70. The van der Waals surface area contributed by atoms with Gasteiger partial charge in [0.1, 0.15) is 27.7 Å². The molecule has 2 unspecified atom stereocenters. The van der Waals surface area contributed by atoms with Crippen LogP contribution >= 0.6 is 11.3 Å². The quantitative estimate of drug-likeness (QED) is 0.136. The predicted octanol–water partition coefficient (Wildman–Crippen LogP) is 0.873. The van der Waals surface area contributed by atoms with Gasteiger partial charge < -0.3 is 41.3 Å². The molecule has 8 N–H and O–H groups in total. The second kappa shape index (κ2) is 10.4. The third kappa shape index (κ3) is 4.22. The first-order chi connectivity index (χ1) is 20.2. The van der Waals surface area contributed by atoms with Crippen molar-refractivity contribution in [2.24, 2.45) is 17.6 Å². The van der Waals surface area contributed by atoms with Gasteiger partial charge in [0.2, 0.25) is 5.78 Å². The summed E-state index contributed by atoms with van der Waals surface area (Å²) in [6.45, 7) is 3.47. The number of amides is 1. The summed E-state index contributed by atoms with van der Waals surface area (Å²) in [5.41, 5.74) is 1.07. The number of nitrogens with zero attached hydrogens (tertiary/aromatic N) is 2. The summed E-state index contributed by atoms with van der Waals surface area (Å²) in [4.78, 5) is 57.1. The third-order valence-electron chi connectivity index (χ3n) is 8.35. The Bertz CT molecular complexity index is 1650. The number of hydrogen-bond acceptors (Lipinski definition) is 14. The number of thiazole rings is 1. The molecule has 0 saturated heterocycles. The van der Waals surface area contributed by atoms with Crippen LogP contribution in [-0.2, 0) is 19.1 Å². The van der Waals surface area contributed by atoms with Gasteiger partial charge in [0, 0.05) is 11.5 Å². The van der Waals surface area contributed by atoms with Crippen molar-refractivity contribution in [3.05, 3.63) is 51.2 Å². The maximum atomic E-state index is 14.1. The Morgan fingerprint density at radius 3 is 2.49 bits per heavy atom. The SMILES string of the molecule is CCOC(=O)c1cnc(Nc2ccc3c(c2O)C(O)=C2C(=O)[C@]4(O)C(O)=C(C(N)=O)C(=O)[C@@H](N(C)C)C4[C@@H](O)C2[C@H]3C)s1. The van der Waals surface area contributed by atoms with Gasteiger partial charge in [0.05, 0.1) is 42.1 Å². The van der Waals surface area contributed by atoms with Crippen molar-refractivity contribution in [3.63, 3.8) is 0 Å². The number of nitrogens with one attached hydrogen (secondary N) is 1. The Morgan fingerprint density at radius 2 is 1.88 bits per heavy atom. The smallest absolute Gasteiger partial charge is 0.350 e. The average Bonchev–Trinajstić information content (AvgIpc) is 3.40. The molecular weight excluding hydrogens is 584 g/mol. The number of aliphatic hydroxyl groups is 4. The number of Topliss-reactive ketones (excluding diaryl/α,β-unsaturated/α-hetero) is 2. The van der Waals surface area contributed by atoms with Crippen molar-refractivity contribution < 1.29 is 49.4 Å². The third-order valence-corrected chi connectivity index (χ3v) is 9.25. The van der Waals surface area contributed by atoms with Crippen molar-refractivity contribution in [2.75, 3.05) is 26.0 Å². The van der Waals surface area contributed by atoms with Crippen LogP contribution < -0.4 is 11.1 Å². The number of anilines is 2. The van der Waals surface area contributed by atoms with E-state index in [0.29, 0.717) is 5.56 Å². The van der Waals surface area contributed by atoms with Gasteiger partial charge in [-0.3, -0.25) is 19.3 Å². The number of hydrogen-bond donors (Lipinski definition) is 7. The van der Waals surface area contributed by atoms with Crippen LogP contribution in [0, 0.1) is 11.8 Å². The Hall–Kier alpha value is -4.31. The largest absolute Gasteiger partial charge is 0.508 e. The van der Waals surface area contributed by atoms with E-state index in [9.17, 15) is 44.7 Å². The number of benzene rings is 1. The summed E-state index contributed by atoms with van der Waals surface area (Å²) in [6, 6.07) is 1.62. The lowest BCUT2D eigenvalue weighted by atomic mass is 9.54. The Morgan fingerprint density at radius 1 is 1.21 bits per heavy atom. The van der Waals surface area contributed by atoms with Gasteiger partial charge in [-0.15, -0.1) is 0 Å². The highest BCUT2D eigenvalue weighted by Crippen LogP contribution is 2.56. The molecule has 6 atom stereocenters. The molecule has 3 aliphatic rings. The number of likely N-dealkylation sites (N-methyl/N-ethyl adjacent to an activating group) is 1. The minimum Gasteiger partial charge on any atom is -0.508 e. The average molecular weight is 615 g/mol. The molecular formula is C28H30N4O10S. The molecule has 15 heteroatoms. The molecule has 0 aliphatic heterocycles. The van der Waals surface area contributed by atoms with Crippen LogP contribution in [0.3, 0.4) is 0 Å². The fourth-order valence-corrected chi connectivity index (χ4v) is 7.18. The van der Waals surface area contributed by atoms with Crippen molar-refractivity contribution >= 4 is 51.4 Å². The Kier molecular flexibility index (Phi) is 7.33. The van der Waals surface area contributed by atoms with Crippen LogP contribution in [0.2, 0.25) is 0 Å². The topological polar surface area (TPSA) is 233 Å². The maximum Gasteiger partial charge on any atom is 0.350 e. The second-order valence-corrected chi connectivity index (χ2v) is 11.9. The van der Waals surface area contributed by atoms with Gasteiger partial charge in [0.15, 0.2) is 16.5 Å². The highest BCUT2D eigenvalue weighted by atomic mass is 32.1. The number of phenols is 1. The number of ether oxygens (including phenoxy) is 1. The van der Waals surface area contributed by atoms with Crippen LogP contribution in [0.1, 0.15) is 40.6 Å². The molecule has 1 fully saturated rings. The predicted molar refractivity (Wildman–Crippen MR) is 152 cm³/mol. The van der Waals surface area contributed by atoms with Crippen molar-refractivity contribution in [2.45, 2.75) is 37.5 Å². The highest BCUT2D eigenvalue weighted by molar-refractivity contribution is 7.17. The van der Waals surface area contributed by atoms with E-state index in [-0.39, 0.29) is 27.9 Å². The highest BCUT2D eigenvalue weighted by Gasteiger charge is 2.68. The summed E-state index contributed by atoms with van der Waals surface area (Å²) in [5.74, 6) is -10.3. The number of phenolic OH excluding ortho intramolecular Hbond substituents is 1. The number of carbonyl (C=O) groups is 4. The molecule has 14 nitrogen and oxygen atoms in total. The Labute approximate surface area is 248 Å². The number of primary amides is 1. The van der Waals surface area contributed by atoms with Gasteiger partial charge in [0.25, 0.3) is 5.91 Å². The lowest BCUT2D eigenvalue weighted by molar-refractivity contribution is -0.169. The minimum absolute atomic E-state index is 0.0522. The minimum atomic E-state index is -3.00. The van der Waals surface area contributed by atoms with Gasteiger partial charge in [-0.25, -0.2) is 9.78 Å². The number of fused-ring (bicyclic) bond motifs is 3. The van der Waals surface area contributed by atoms with Crippen LogP contribution in [0.25, 0.3) is 5.76 Å². The number of ketones is 2. The van der Waals surface area contributed by atoms with Gasteiger partial charge >= 0.3 is 5.97 Å². The Balaban J connectivity index is 1.65. The first kappa shape index (κ1) is 30.2. The van der Waals surface area contributed by atoms with Gasteiger partial charge in [-0.1, -0.05) is 24.3 Å². The molecule has 1 amide bonds. The summed E-state index contributed by atoms with van der Waals surface area (Å²) in [7, 11) is 2.88. The van der Waals surface area contributed by atoms with Crippen molar-refractivity contribution in [3.8, 4) is 5.75 Å². The molecule has 1 aromatic carbocycles. The first-order valence-corrected chi connectivity index (χ1v) is 14.1. The van der Waals surface area contributed by atoms with Crippen molar-refractivity contribution in [1.29, 1.82) is 0 Å². The normalized spacial score (nSPS) is 28.4. The summed E-state index contributed by atoms with van der Waals surface area (Å²) in [6.07, 6.45) is -0.394. The molecule has 228 valence electrons. The number of esters is 1. The molecule has 5 rings (SSSR count). The monoisotopic (exact) mass is 614 g/mol. The lowest BCUT2D eigenvalue weighted by Gasteiger charge is -2.53. The number of carbonyl (C=O) groups excluding carboxylic acids is 4. The molecule has 0 spiro atoms. The van der Waals surface area contributed by atoms with E-state index < -0.39 is 87.4 Å². The van der Waals surface area contributed by atoms with Crippen molar-refractivity contribution in [1.82, 2.24) is 9.88 Å². The zero-order valence-corrected chi connectivity index (χ0v) is 24.3. The van der Waals surface area contributed by atoms with Gasteiger partial charge in [-0.05, 0) is 38.6 Å². The van der Waals surface area contributed by atoms with E-state index in [4.69, 9.17) is 10.5 Å². The molecule has 0 bridgehead atoms. The zero-order valence-electron chi connectivity index (χ0n) is 23.5. The molecule has 2 aromatic rings. The number of aliphatic hydroxyl groups excluding tert-OH is 3. The zero-order chi connectivity index (χ0) is 31.7. The number of nitrogens with two attached hydrogens (primary N) is 1. The van der Waals surface area contributed by atoms with Gasteiger partial charge in [-0.2, -0.15) is 0 Å². The molecule has 0 radical (unpaired) electrons. The summed E-state index contributed by atoms with van der Waals surface area (Å²) < 4.78 is 4.96. The molecule has 1 saturated carbocycles. The fraction of sp³-hybridized carbons (Fsp3) is 0.393. The first-order valence-electron chi connectivity index (χ1n) is 13.3. The standard InChI is InChI=1S/C28H30N4O10S/c1-5-42-26(40)12-8-30-27(43-12)31-11-7-6-10-9(2)13-15(20(34)14(10)19(11)33)23(37)28(41)17(21(13)35)18(32(3)4)22(36)16(24(28)38)25(29)39/h6-9,13,17-18,21,33-35,38,41H,5H2,1-4H3,(H2,29,39)(H,30,31)/t9-,13?,17?,18-,21-,28-/m0/s1. The maximum absolute atomic E-state index is 14.1. The molecule has 1 aromatic heterocycles.